The van der Waals surface area contributed by atoms with Crippen molar-refractivity contribution in [3.8, 4) is 5.75 Å². The maximum atomic E-state index is 12.6. The molecule has 0 aliphatic rings. The number of benzene rings is 2. The summed E-state index contributed by atoms with van der Waals surface area (Å²) in [6.07, 6.45) is 0. The first-order chi connectivity index (χ1) is 14.5. The second-order valence-electron chi connectivity index (χ2n) is 7.72. The molecule has 9 heteroatoms. The summed E-state index contributed by atoms with van der Waals surface area (Å²) in [6, 6.07) is 12.1. The largest absolute Gasteiger partial charge is 0.379 e. The van der Waals surface area contributed by atoms with Crippen LogP contribution in [0, 0.1) is 0 Å². The summed E-state index contributed by atoms with van der Waals surface area (Å²) < 4.78 is 30.5. The summed E-state index contributed by atoms with van der Waals surface area (Å²) >= 11 is 0. The van der Waals surface area contributed by atoms with Crippen molar-refractivity contribution in [2.75, 3.05) is 5.32 Å². The normalized spacial score (nSPS) is 11.3. The maximum Gasteiger partial charge on any atom is 0.339 e. The van der Waals surface area contributed by atoms with Gasteiger partial charge in [-0.25, -0.2) is 4.79 Å². The van der Waals surface area contributed by atoms with E-state index in [1.807, 2.05) is 27.7 Å². The van der Waals surface area contributed by atoms with Gasteiger partial charge in [0.1, 0.15) is 10.6 Å². The minimum Gasteiger partial charge on any atom is -0.379 e. The molecule has 0 aliphatic carbocycles. The molecule has 2 rings (SSSR count). The third-order valence-corrected chi connectivity index (χ3v) is 5.48. The number of amides is 3. The summed E-state index contributed by atoms with van der Waals surface area (Å²) in [6.45, 7) is 9.27. The molecule has 0 unspecified atom stereocenters. The standard InChI is InChI=1S/C22H29N3O5S/c1-15(2)23-22(27)25(16(3)4)14-18-7-6-8-20(13-18)30-31(28,29)21-11-9-19(10-12-21)24-17(5)26/h6-13,15-16H,14H2,1-5H3,(H,23,27)(H,24,26). The molecule has 3 amide bonds. The fourth-order valence-electron chi connectivity index (χ4n) is 2.79. The third-order valence-electron chi connectivity index (χ3n) is 4.22. The van der Waals surface area contributed by atoms with Crippen LogP contribution < -0.4 is 14.8 Å². The number of nitrogens with one attached hydrogen (secondary N) is 2. The van der Waals surface area contributed by atoms with Gasteiger partial charge in [-0.1, -0.05) is 12.1 Å². The molecule has 0 saturated carbocycles. The molecule has 0 saturated heterocycles. The van der Waals surface area contributed by atoms with E-state index in [1.165, 1.54) is 31.2 Å². The Morgan fingerprint density at radius 2 is 1.68 bits per heavy atom. The maximum absolute atomic E-state index is 12.6. The van der Waals surface area contributed by atoms with Crippen LogP contribution in [0.5, 0.6) is 5.75 Å². The summed E-state index contributed by atoms with van der Waals surface area (Å²) in [7, 11) is -4.06. The van der Waals surface area contributed by atoms with Gasteiger partial charge in [0.25, 0.3) is 0 Å². The van der Waals surface area contributed by atoms with Gasteiger partial charge in [-0.05, 0) is 69.7 Å². The van der Waals surface area contributed by atoms with Crippen molar-refractivity contribution in [1.29, 1.82) is 0 Å². The number of carbonyl (C=O) groups excluding carboxylic acids is 2. The molecule has 0 atom stereocenters. The van der Waals surface area contributed by atoms with E-state index < -0.39 is 10.1 Å². The van der Waals surface area contributed by atoms with Crippen molar-refractivity contribution in [3.05, 3.63) is 54.1 Å². The average Bonchev–Trinajstić information content (AvgIpc) is 2.65. The van der Waals surface area contributed by atoms with Gasteiger partial charge in [0.15, 0.2) is 0 Å². The second kappa shape index (κ2) is 10.3. The van der Waals surface area contributed by atoms with Gasteiger partial charge < -0.3 is 19.7 Å². The van der Waals surface area contributed by atoms with Crippen LogP contribution >= 0.6 is 0 Å². The zero-order valence-corrected chi connectivity index (χ0v) is 19.2. The molecule has 0 aliphatic heterocycles. The Bertz CT molecular complexity index is 1020. The molecule has 2 aromatic carbocycles. The van der Waals surface area contributed by atoms with Gasteiger partial charge >= 0.3 is 16.1 Å². The predicted molar refractivity (Wildman–Crippen MR) is 119 cm³/mol. The molecule has 168 valence electrons. The molecule has 0 fully saturated rings. The molecule has 0 heterocycles. The molecule has 8 nitrogen and oxygen atoms in total. The monoisotopic (exact) mass is 447 g/mol. The van der Waals surface area contributed by atoms with E-state index in [0.717, 1.165) is 5.56 Å². The van der Waals surface area contributed by atoms with Crippen molar-refractivity contribution in [3.63, 3.8) is 0 Å². The second-order valence-corrected chi connectivity index (χ2v) is 9.26. The first kappa shape index (κ1) is 24.2. The van der Waals surface area contributed by atoms with E-state index in [2.05, 4.69) is 10.6 Å². The Morgan fingerprint density at radius 3 is 2.23 bits per heavy atom. The molecular formula is C22H29N3O5S. The summed E-state index contributed by atoms with van der Waals surface area (Å²) in [5.74, 6) is -0.0994. The highest BCUT2D eigenvalue weighted by molar-refractivity contribution is 7.87. The molecule has 0 aromatic heterocycles. The van der Waals surface area contributed by atoms with Crippen molar-refractivity contribution in [1.82, 2.24) is 10.2 Å². The molecular weight excluding hydrogens is 418 g/mol. The van der Waals surface area contributed by atoms with Crippen LogP contribution in [0.2, 0.25) is 0 Å². The average molecular weight is 448 g/mol. The Hall–Kier alpha value is -3.07. The summed E-state index contributed by atoms with van der Waals surface area (Å²) in [5.41, 5.74) is 1.23. The number of urea groups is 1. The smallest absolute Gasteiger partial charge is 0.339 e. The Kier molecular flexibility index (Phi) is 8.04. The zero-order valence-electron chi connectivity index (χ0n) is 18.4. The number of hydrogen-bond donors (Lipinski definition) is 2. The topological polar surface area (TPSA) is 105 Å². The van der Waals surface area contributed by atoms with Crippen LogP contribution in [0.3, 0.4) is 0 Å². The first-order valence-corrected chi connectivity index (χ1v) is 11.4. The number of carbonyl (C=O) groups is 2. The minimum atomic E-state index is -4.06. The van der Waals surface area contributed by atoms with E-state index in [4.69, 9.17) is 4.18 Å². The highest BCUT2D eigenvalue weighted by Gasteiger charge is 2.20. The van der Waals surface area contributed by atoms with E-state index in [1.54, 1.807) is 29.2 Å². The number of nitrogens with zero attached hydrogens (tertiary/aromatic N) is 1. The zero-order chi connectivity index (χ0) is 23.2. The van der Waals surface area contributed by atoms with Gasteiger partial charge in [-0.15, -0.1) is 0 Å². The van der Waals surface area contributed by atoms with E-state index in [0.29, 0.717) is 12.2 Å². The SMILES string of the molecule is CC(=O)Nc1ccc(S(=O)(=O)Oc2cccc(CN(C(=O)NC(C)C)C(C)C)c2)cc1. The Labute approximate surface area is 183 Å². The van der Waals surface area contributed by atoms with Crippen molar-refractivity contribution >= 4 is 27.7 Å². The molecule has 2 N–H and O–H groups in total. The van der Waals surface area contributed by atoms with Crippen LogP contribution in [0.25, 0.3) is 0 Å². The molecule has 0 radical (unpaired) electrons. The van der Waals surface area contributed by atoms with Crippen LogP contribution in [-0.2, 0) is 21.5 Å². The fourth-order valence-corrected chi connectivity index (χ4v) is 3.72. The van der Waals surface area contributed by atoms with Crippen molar-refractivity contribution < 1.29 is 22.2 Å². The van der Waals surface area contributed by atoms with E-state index >= 15 is 0 Å². The van der Waals surface area contributed by atoms with Gasteiger partial charge in [0.05, 0.1) is 0 Å². The van der Waals surface area contributed by atoms with Crippen LogP contribution in [0.4, 0.5) is 10.5 Å². The van der Waals surface area contributed by atoms with Crippen LogP contribution in [0.1, 0.15) is 40.2 Å². The molecule has 0 bridgehead atoms. The summed E-state index contributed by atoms with van der Waals surface area (Å²) in [4.78, 5) is 25.2. The minimum absolute atomic E-state index is 0.00518. The lowest BCUT2D eigenvalue weighted by atomic mass is 10.2. The molecule has 31 heavy (non-hydrogen) atoms. The number of anilines is 1. The quantitative estimate of drug-likeness (QED) is 0.600. The van der Waals surface area contributed by atoms with Gasteiger partial charge in [-0.2, -0.15) is 8.42 Å². The van der Waals surface area contributed by atoms with E-state index in [-0.39, 0.29) is 34.7 Å². The lowest BCUT2D eigenvalue weighted by Gasteiger charge is -2.28. The summed E-state index contributed by atoms with van der Waals surface area (Å²) in [5, 5.41) is 5.45. The molecule has 2 aromatic rings. The Morgan fingerprint density at radius 1 is 1.03 bits per heavy atom. The van der Waals surface area contributed by atoms with Crippen LogP contribution in [0.15, 0.2) is 53.4 Å². The lowest BCUT2D eigenvalue weighted by molar-refractivity contribution is -0.114. The number of rotatable bonds is 8. The third kappa shape index (κ3) is 7.29. The first-order valence-electron chi connectivity index (χ1n) is 9.96. The van der Waals surface area contributed by atoms with Crippen molar-refractivity contribution in [2.24, 2.45) is 0 Å². The van der Waals surface area contributed by atoms with Gasteiger partial charge in [-0.3, -0.25) is 4.79 Å². The van der Waals surface area contributed by atoms with Gasteiger partial charge in [0, 0.05) is 31.2 Å². The van der Waals surface area contributed by atoms with E-state index in [9.17, 15) is 18.0 Å². The fraction of sp³-hybridized carbons (Fsp3) is 0.364. The predicted octanol–water partition coefficient (Wildman–Crippen LogP) is 3.74. The lowest BCUT2D eigenvalue weighted by Crippen LogP contribution is -2.45. The number of hydrogen-bond acceptors (Lipinski definition) is 5. The Balaban J connectivity index is 2.17. The van der Waals surface area contributed by atoms with Crippen molar-refractivity contribution in [2.45, 2.75) is 58.1 Å². The van der Waals surface area contributed by atoms with Gasteiger partial charge in [0.2, 0.25) is 5.91 Å². The highest BCUT2D eigenvalue weighted by Crippen LogP contribution is 2.22. The van der Waals surface area contributed by atoms with Crippen LogP contribution in [-0.4, -0.2) is 37.3 Å². The highest BCUT2D eigenvalue weighted by atomic mass is 32.2. The molecule has 0 spiro atoms.